The molecule has 0 N–H and O–H groups in total. The Labute approximate surface area is 254 Å². The summed E-state index contributed by atoms with van der Waals surface area (Å²) in [5, 5.41) is 11.1. The maximum Gasteiger partial charge on any atom is 0.269 e. The lowest BCUT2D eigenvalue weighted by Crippen LogP contribution is -2.34. The molecule has 0 heterocycles. The van der Waals surface area contributed by atoms with Crippen molar-refractivity contribution >= 4 is 17.3 Å². The summed E-state index contributed by atoms with van der Waals surface area (Å²) in [5.41, 5.74) is 2.09. The van der Waals surface area contributed by atoms with Crippen molar-refractivity contribution in [3.63, 3.8) is 0 Å². The summed E-state index contributed by atoms with van der Waals surface area (Å²) < 4.78 is 22.8. The Hall–Kier alpha value is -4.31. The normalized spacial score (nSPS) is 11.1. The van der Waals surface area contributed by atoms with Gasteiger partial charge in [0.05, 0.1) is 31.4 Å². The number of carbonyl (C=O) groups is 1. The van der Waals surface area contributed by atoms with Crippen LogP contribution in [0.5, 0.6) is 23.0 Å². The Balaban J connectivity index is 1.78. The third kappa shape index (κ3) is 9.61. The van der Waals surface area contributed by atoms with Crippen molar-refractivity contribution in [2.45, 2.75) is 52.7 Å². The van der Waals surface area contributed by atoms with E-state index in [0.29, 0.717) is 47.2 Å². The average Bonchev–Trinajstić information content (AvgIpc) is 2.98. The lowest BCUT2D eigenvalue weighted by Gasteiger charge is -2.26. The number of non-ortho nitro benzene ring substituents is 1. The highest BCUT2D eigenvalue weighted by molar-refractivity contribution is 6.06. The van der Waals surface area contributed by atoms with Gasteiger partial charge in [-0.25, -0.2) is 0 Å². The van der Waals surface area contributed by atoms with Crippen LogP contribution in [-0.4, -0.2) is 68.8 Å². The van der Waals surface area contributed by atoms with E-state index in [1.165, 1.54) is 24.3 Å². The smallest absolute Gasteiger partial charge is 0.269 e. The van der Waals surface area contributed by atoms with Crippen LogP contribution in [0.2, 0.25) is 0 Å². The number of anilines is 1. The number of carbonyl (C=O) groups excluding carboxylic acids is 1. The fourth-order valence-electron chi connectivity index (χ4n) is 4.56. The molecule has 0 fully saturated rings. The Bertz CT molecular complexity index is 1360. The maximum atomic E-state index is 13.8. The molecule has 0 unspecified atom stereocenters. The van der Waals surface area contributed by atoms with E-state index in [0.717, 1.165) is 25.1 Å². The number of likely N-dealkylation sites (N-methyl/N-ethyl adjacent to an activating group) is 1. The molecule has 232 valence electrons. The van der Waals surface area contributed by atoms with E-state index < -0.39 is 4.92 Å². The molecule has 0 radical (unpaired) electrons. The first-order valence-corrected chi connectivity index (χ1v) is 14.5. The maximum absolute atomic E-state index is 13.8. The standard InChI is InChI=1S/C33H43N3O7/c1-23(2)42-30-16-14-28(22-32(30)43-24(3)4)35(33(37)26-10-12-27(13-11-26)36(38)39)19-8-18-34(5)20-17-25-9-15-29(40-6)31(21-25)41-7/h9-16,21-24H,8,17-20H2,1-7H3. The Kier molecular flexibility index (Phi) is 12.2. The number of ether oxygens (including phenoxy) is 4. The lowest BCUT2D eigenvalue weighted by atomic mass is 10.1. The van der Waals surface area contributed by atoms with Crippen molar-refractivity contribution in [2.75, 3.05) is 45.8 Å². The van der Waals surface area contributed by atoms with Gasteiger partial charge in [0.15, 0.2) is 23.0 Å². The highest BCUT2D eigenvalue weighted by atomic mass is 16.6. The summed E-state index contributed by atoms with van der Waals surface area (Å²) in [6.45, 7) is 9.76. The van der Waals surface area contributed by atoms with E-state index >= 15 is 0 Å². The van der Waals surface area contributed by atoms with Crippen LogP contribution in [0.3, 0.4) is 0 Å². The average molecular weight is 594 g/mol. The minimum Gasteiger partial charge on any atom is -0.493 e. The highest BCUT2D eigenvalue weighted by Gasteiger charge is 2.21. The number of methoxy groups -OCH3 is 2. The molecule has 10 heteroatoms. The molecular weight excluding hydrogens is 550 g/mol. The zero-order valence-corrected chi connectivity index (χ0v) is 26.2. The fraction of sp³-hybridized carbons (Fsp3) is 0.424. The van der Waals surface area contributed by atoms with Gasteiger partial charge >= 0.3 is 0 Å². The zero-order valence-electron chi connectivity index (χ0n) is 26.2. The first-order chi connectivity index (χ1) is 20.5. The fourth-order valence-corrected chi connectivity index (χ4v) is 4.56. The molecule has 3 aromatic carbocycles. The van der Waals surface area contributed by atoms with E-state index in [2.05, 4.69) is 11.9 Å². The highest BCUT2D eigenvalue weighted by Crippen LogP contribution is 2.34. The summed E-state index contributed by atoms with van der Waals surface area (Å²) in [6.07, 6.45) is 1.39. The first kappa shape index (κ1) is 33.2. The van der Waals surface area contributed by atoms with E-state index in [1.54, 1.807) is 19.1 Å². The molecular formula is C33H43N3O7. The van der Waals surface area contributed by atoms with Gasteiger partial charge in [-0.2, -0.15) is 0 Å². The van der Waals surface area contributed by atoms with Crippen LogP contribution in [0.15, 0.2) is 60.7 Å². The summed E-state index contributed by atoms with van der Waals surface area (Å²) in [7, 11) is 5.29. The Morgan fingerprint density at radius 3 is 2.02 bits per heavy atom. The molecule has 0 saturated carbocycles. The topological polar surface area (TPSA) is 104 Å². The van der Waals surface area contributed by atoms with Crippen LogP contribution >= 0.6 is 0 Å². The molecule has 0 aromatic heterocycles. The summed E-state index contributed by atoms with van der Waals surface area (Å²) in [6, 6.07) is 17.1. The van der Waals surface area contributed by atoms with Crippen molar-refractivity contribution in [1.29, 1.82) is 0 Å². The van der Waals surface area contributed by atoms with Gasteiger partial charge in [0.25, 0.3) is 11.6 Å². The Morgan fingerprint density at radius 2 is 1.42 bits per heavy atom. The molecule has 0 saturated heterocycles. The van der Waals surface area contributed by atoms with Crippen LogP contribution in [0.1, 0.15) is 50.0 Å². The molecule has 43 heavy (non-hydrogen) atoms. The molecule has 0 aliphatic carbocycles. The van der Waals surface area contributed by atoms with Gasteiger partial charge in [0.2, 0.25) is 0 Å². The number of benzene rings is 3. The van der Waals surface area contributed by atoms with Crippen LogP contribution in [0.25, 0.3) is 0 Å². The second kappa shape index (κ2) is 15.8. The molecule has 3 rings (SSSR count). The molecule has 1 amide bonds. The van der Waals surface area contributed by atoms with E-state index in [4.69, 9.17) is 18.9 Å². The predicted octanol–water partition coefficient (Wildman–Crippen LogP) is 6.40. The van der Waals surface area contributed by atoms with Crippen molar-refractivity contribution in [1.82, 2.24) is 4.90 Å². The van der Waals surface area contributed by atoms with Gasteiger partial charge in [-0.05, 0) is 96.1 Å². The van der Waals surface area contributed by atoms with Crippen molar-refractivity contribution < 1.29 is 28.7 Å². The van der Waals surface area contributed by atoms with Crippen LogP contribution < -0.4 is 23.8 Å². The zero-order chi connectivity index (χ0) is 31.5. The number of nitrogens with zero attached hydrogens (tertiary/aromatic N) is 3. The summed E-state index contributed by atoms with van der Waals surface area (Å²) in [4.78, 5) is 28.4. The quantitative estimate of drug-likeness (QED) is 0.139. The molecule has 3 aromatic rings. The van der Waals surface area contributed by atoms with Crippen LogP contribution in [0, 0.1) is 10.1 Å². The first-order valence-electron chi connectivity index (χ1n) is 14.5. The number of hydrogen-bond acceptors (Lipinski definition) is 8. The molecule has 0 aliphatic rings. The van der Waals surface area contributed by atoms with Gasteiger partial charge in [0, 0.05) is 42.5 Å². The SMILES string of the molecule is COc1ccc(CCN(C)CCCN(C(=O)c2ccc([N+](=O)[O-])cc2)c2ccc(OC(C)C)c(OC(C)C)c2)cc1OC. The van der Waals surface area contributed by atoms with Crippen LogP contribution in [0.4, 0.5) is 11.4 Å². The second-order valence-electron chi connectivity index (χ2n) is 10.8. The number of nitro benzene ring substituents is 1. The monoisotopic (exact) mass is 593 g/mol. The summed E-state index contributed by atoms with van der Waals surface area (Å²) >= 11 is 0. The van der Waals surface area contributed by atoms with E-state index in [-0.39, 0.29) is 23.8 Å². The minimum absolute atomic E-state index is 0.0484. The molecule has 0 atom stereocenters. The van der Waals surface area contributed by atoms with Crippen molar-refractivity contribution in [2.24, 2.45) is 0 Å². The third-order valence-electron chi connectivity index (χ3n) is 6.69. The predicted molar refractivity (Wildman–Crippen MR) is 168 cm³/mol. The van der Waals surface area contributed by atoms with Gasteiger partial charge in [-0.3, -0.25) is 14.9 Å². The van der Waals surface area contributed by atoms with Crippen LogP contribution in [-0.2, 0) is 6.42 Å². The second-order valence-corrected chi connectivity index (χ2v) is 10.8. The third-order valence-corrected chi connectivity index (χ3v) is 6.69. The van der Waals surface area contributed by atoms with Crippen molar-refractivity contribution in [3.8, 4) is 23.0 Å². The van der Waals surface area contributed by atoms with Gasteiger partial charge in [-0.15, -0.1) is 0 Å². The minimum atomic E-state index is -0.479. The number of nitro groups is 1. The van der Waals surface area contributed by atoms with E-state index in [9.17, 15) is 14.9 Å². The molecule has 0 spiro atoms. The number of rotatable bonds is 16. The number of amides is 1. The number of hydrogen-bond donors (Lipinski definition) is 0. The molecule has 10 nitrogen and oxygen atoms in total. The largest absolute Gasteiger partial charge is 0.493 e. The Morgan fingerprint density at radius 1 is 0.791 bits per heavy atom. The van der Waals surface area contributed by atoms with Crippen molar-refractivity contribution in [3.05, 3.63) is 81.9 Å². The molecule has 0 aliphatic heterocycles. The van der Waals surface area contributed by atoms with Gasteiger partial charge < -0.3 is 28.7 Å². The summed E-state index contributed by atoms with van der Waals surface area (Å²) in [5.74, 6) is 2.30. The van der Waals surface area contributed by atoms with E-state index in [1.807, 2.05) is 64.1 Å². The molecule has 0 bridgehead atoms. The van der Waals surface area contributed by atoms with Gasteiger partial charge in [-0.1, -0.05) is 6.07 Å². The lowest BCUT2D eigenvalue weighted by molar-refractivity contribution is -0.384. The van der Waals surface area contributed by atoms with Gasteiger partial charge in [0.1, 0.15) is 0 Å².